The Kier molecular flexibility index (Phi) is 9.22. The minimum absolute atomic E-state index is 0.143. The van der Waals surface area contributed by atoms with Gasteiger partial charge >= 0.3 is 6.18 Å². The van der Waals surface area contributed by atoms with Crippen LogP contribution in [0, 0.1) is 17.0 Å². The van der Waals surface area contributed by atoms with Crippen LogP contribution in [0.4, 0.5) is 13.2 Å². The fourth-order valence-corrected chi connectivity index (χ4v) is 8.43. The Bertz CT molecular complexity index is 1600. The minimum Gasteiger partial charge on any atom is -0.409 e. The molecule has 1 aliphatic rings. The van der Waals surface area contributed by atoms with Crippen LogP contribution < -0.4 is 0 Å². The van der Waals surface area contributed by atoms with Gasteiger partial charge in [0.05, 0.1) is 22.5 Å². The van der Waals surface area contributed by atoms with Crippen molar-refractivity contribution in [1.29, 1.82) is 0 Å². The van der Waals surface area contributed by atoms with Crippen molar-refractivity contribution in [3.05, 3.63) is 111 Å². The van der Waals surface area contributed by atoms with E-state index in [1.165, 1.54) is 36.4 Å². The van der Waals surface area contributed by atoms with Crippen LogP contribution in [-0.4, -0.2) is 49.4 Å². The third-order valence-corrected chi connectivity index (χ3v) is 15.1. The molecule has 0 radical (unpaired) electrons. The van der Waals surface area contributed by atoms with E-state index >= 15 is 0 Å². The zero-order chi connectivity index (χ0) is 32.8. The van der Waals surface area contributed by atoms with Gasteiger partial charge in [-0.1, -0.05) is 87.0 Å². The van der Waals surface area contributed by atoms with E-state index in [1.807, 2.05) is 20.8 Å². The lowest BCUT2D eigenvalue weighted by molar-refractivity contribution is -0.543. The highest BCUT2D eigenvalue weighted by atomic mass is 32.2. The van der Waals surface area contributed by atoms with E-state index in [0.717, 1.165) is 17.7 Å². The number of aliphatic hydroxyl groups is 1. The second-order valence-electron chi connectivity index (χ2n) is 12.6. The SMILES string of the molecule is Cc1ccc(S(=O)(=O)N2[C@H](O)[C@@H](O[Si](C)(C)C(C)(C)C)[C@@H](c3ccccc3C(F)(F)F)[C@@H]([N+](=O)[O-])[C@@H]2c2ccccc2)cc1. The molecule has 0 unspecified atom stereocenters. The van der Waals surface area contributed by atoms with Crippen molar-refractivity contribution in [2.75, 3.05) is 0 Å². The van der Waals surface area contributed by atoms with Crippen LogP contribution in [0.3, 0.4) is 0 Å². The summed E-state index contributed by atoms with van der Waals surface area (Å²) in [5.74, 6) is -1.68. The van der Waals surface area contributed by atoms with Crippen LogP contribution in [0.15, 0.2) is 83.8 Å². The molecule has 1 heterocycles. The summed E-state index contributed by atoms with van der Waals surface area (Å²) in [6, 6.07) is 14.3. The lowest BCUT2D eigenvalue weighted by Crippen LogP contribution is -2.65. The Morgan fingerprint density at radius 3 is 2.00 bits per heavy atom. The first-order chi connectivity index (χ1) is 20.3. The lowest BCUT2D eigenvalue weighted by Gasteiger charge is -2.51. The fourth-order valence-electron chi connectivity index (χ4n) is 5.46. The highest BCUT2D eigenvalue weighted by Gasteiger charge is 2.62. The van der Waals surface area contributed by atoms with Gasteiger partial charge in [0.25, 0.3) is 0 Å². The second-order valence-corrected chi connectivity index (χ2v) is 19.2. The summed E-state index contributed by atoms with van der Waals surface area (Å²) in [5, 5.41) is 24.7. The summed E-state index contributed by atoms with van der Waals surface area (Å²) in [7, 11) is -7.67. The molecule has 8 nitrogen and oxygen atoms in total. The van der Waals surface area contributed by atoms with Crippen molar-refractivity contribution in [2.24, 2.45) is 0 Å². The van der Waals surface area contributed by atoms with Gasteiger partial charge in [0, 0.05) is 4.92 Å². The number of alkyl halides is 3. The number of aryl methyl sites for hydroxylation is 1. The summed E-state index contributed by atoms with van der Waals surface area (Å²) in [6.07, 6.45) is -8.68. The number of rotatable bonds is 7. The summed E-state index contributed by atoms with van der Waals surface area (Å²) in [6.45, 7) is 10.9. The molecule has 0 saturated carbocycles. The van der Waals surface area contributed by atoms with Crippen LogP contribution >= 0.6 is 0 Å². The van der Waals surface area contributed by atoms with Gasteiger partial charge in [0.1, 0.15) is 12.3 Å². The van der Waals surface area contributed by atoms with Crippen molar-refractivity contribution in [3.63, 3.8) is 0 Å². The third-order valence-electron chi connectivity index (χ3n) is 8.72. The van der Waals surface area contributed by atoms with Crippen molar-refractivity contribution in [1.82, 2.24) is 4.31 Å². The Labute approximate surface area is 256 Å². The van der Waals surface area contributed by atoms with Gasteiger partial charge in [-0.3, -0.25) is 10.1 Å². The standard InChI is InChI=1S/C31H37F3N2O6SSi/c1-20-16-18-22(19-17-20)43(40,41)35-26(21-12-8-7-9-13-21)27(36(38)39)25(23-14-10-11-15-24(23)31(32,33)34)28(29(35)37)42-44(5,6)30(2,3)4/h7-19,25-29,37H,1-6H3/t25-,26-,27+,28-,29+/m0/s1. The minimum atomic E-state index is -4.89. The monoisotopic (exact) mass is 650 g/mol. The van der Waals surface area contributed by atoms with Gasteiger partial charge < -0.3 is 9.53 Å². The molecule has 1 aliphatic heterocycles. The quantitative estimate of drug-likeness (QED) is 0.169. The van der Waals surface area contributed by atoms with E-state index in [4.69, 9.17) is 4.43 Å². The molecule has 3 aromatic carbocycles. The third kappa shape index (κ3) is 6.34. The van der Waals surface area contributed by atoms with E-state index in [9.17, 15) is 36.8 Å². The van der Waals surface area contributed by atoms with Gasteiger partial charge in [0.2, 0.25) is 16.1 Å². The number of sulfonamides is 1. The van der Waals surface area contributed by atoms with Crippen molar-refractivity contribution in [2.45, 2.75) is 87.2 Å². The summed E-state index contributed by atoms with van der Waals surface area (Å²) in [5.41, 5.74) is -0.662. The Hall–Kier alpha value is -3.10. The van der Waals surface area contributed by atoms with E-state index < -0.39 is 75.9 Å². The Morgan fingerprint density at radius 1 is 0.932 bits per heavy atom. The Balaban J connectivity index is 2.09. The van der Waals surface area contributed by atoms with Gasteiger partial charge in [-0.05, 0) is 54.4 Å². The average molecular weight is 651 g/mol. The van der Waals surface area contributed by atoms with E-state index in [2.05, 4.69) is 0 Å². The highest BCUT2D eigenvalue weighted by molar-refractivity contribution is 7.89. The maximum absolute atomic E-state index is 14.5. The molecule has 0 spiro atoms. The molecular formula is C31H37F3N2O6SSi. The van der Waals surface area contributed by atoms with Gasteiger partial charge in [-0.25, -0.2) is 8.42 Å². The molecule has 5 atom stereocenters. The first-order valence-corrected chi connectivity index (χ1v) is 18.4. The number of aliphatic hydroxyl groups excluding tert-OH is 1. The van der Waals surface area contributed by atoms with Crippen LogP contribution in [0.2, 0.25) is 18.1 Å². The molecule has 0 aromatic heterocycles. The van der Waals surface area contributed by atoms with E-state index in [1.54, 1.807) is 50.3 Å². The zero-order valence-electron chi connectivity index (χ0n) is 25.3. The summed E-state index contributed by atoms with van der Waals surface area (Å²) < 4.78 is 79.3. The molecule has 3 aromatic rings. The normalized spacial score (nSPS) is 23.8. The van der Waals surface area contributed by atoms with Crippen LogP contribution in [0.5, 0.6) is 0 Å². The molecule has 1 saturated heterocycles. The number of halogens is 3. The molecule has 0 amide bonds. The summed E-state index contributed by atoms with van der Waals surface area (Å²) in [4.78, 5) is 12.1. The predicted octanol–water partition coefficient (Wildman–Crippen LogP) is 6.90. The average Bonchev–Trinajstić information content (AvgIpc) is 2.93. The number of hydrogen-bond acceptors (Lipinski definition) is 6. The smallest absolute Gasteiger partial charge is 0.409 e. The van der Waals surface area contributed by atoms with Gasteiger partial charge in [-0.2, -0.15) is 17.5 Å². The van der Waals surface area contributed by atoms with Crippen molar-refractivity contribution < 1.29 is 36.0 Å². The Morgan fingerprint density at radius 2 is 1.48 bits per heavy atom. The molecule has 44 heavy (non-hydrogen) atoms. The first kappa shape index (κ1) is 33.8. The number of benzene rings is 3. The van der Waals surface area contributed by atoms with Crippen LogP contribution in [0.1, 0.15) is 55.0 Å². The zero-order valence-corrected chi connectivity index (χ0v) is 27.1. The van der Waals surface area contributed by atoms with Gasteiger partial charge in [-0.15, -0.1) is 0 Å². The topological polar surface area (TPSA) is 110 Å². The second kappa shape index (κ2) is 12.0. The molecule has 1 N–H and O–H groups in total. The lowest BCUT2D eigenvalue weighted by atomic mass is 9.75. The molecule has 4 rings (SSSR count). The largest absolute Gasteiger partial charge is 0.416 e. The molecule has 1 fully saturated rings. The maximum Gasteiger partial charge on any atom is 0.416 e. The molecular weight excluding hydrogens is 613 g/mol. The molecule has 13 heteroatoms. The number of hydrogen-bond donors (Lipinski definition) is 1. The van der Waals surface area contributed by atoms with Gasteiger partial charge in [0.15, 0.2) is 8.32 Å². The number of nitro groups is 1. The highest BCUT2D eigenvalue weighted by Crippen LogP contribution is 2.51. The molecule has 238 valence electrons. The van der Waals surface area contributed by atoms with Crippen LogP contribution in [0.25, 0.3) is 0 Å². The predicted molar refractivity (Wildman–Crippen MR) is 162 cm³/mol. The molecule has 0 aliphatic carbocycles. The van der Waals surface area contributed by atoms with E-state index in [0.29, 0.717) is 4.31 Å². The summed E-state index contributed by atoms with van der Waals surface area (Å²) >= 11 is 0. The van der Waals surface area contributed by atoms with Crippen molar-refractivity contribution in [3.8, 4) is 0 Å². The van der Waals surface area contributed by atoms with Crippen LogP contribution in [-0.2, 0) is 20.6 Å². The van der Waals surface area contributed by atoms with E-state index in [-0.39, 0.29) is 10.5 Å². The maximum atomic E-state index is 14.5. The first-order valence-electron chi connectivity index (χ1n) is 14.1. The van der Waals surface area contributed by atoms with Crippen molar-refractivity contribution >= 4 is 18.3 Å². The molecule has 0 bridgehead atoms. The fraction of sp³-hybridized carbons (Fsp3) is 0.419. The number of nitrogens with zero attached hydrogens (tertiary/aromatic N) is 2. The number of piperidine rings is 1.